The van der Waals surface area contributed by atoms with E-state index in [1.54, 1.807) is 25.3 Å². The summed E-state index contributed by atoms with van der Waals surface area (Å²) < 4.78 is 5.02. The van der Waals surface area contributed by atoms with E-state index < -0.39 is 0 Å². The Morgan fingerprint density at radius 2 is 1.88 bits per heavy atom. The average Bonchev–Trinajstić information content (AvgIpc) is 2.35. The molecule has 0 aliphatic rings. The molecule has 0 heterocycles. The van der Waals surface area contributed by atoms with E-state index in [0.29, 0.717) is 0 Å². The van der Waals surface area contributed by atoms with Gasteiger partial charge in [0.15, 0.2) is 11.4 Å². The van der Waals surface area contributed by atoms with E-state index >= 15 is 0 Å². The molecule has 0 aliphatic heterocycles. The zero-order valence-corrected chi connectivity index (χ0v) is 8.90. The fourth-order valence-corrected chi connectivity index (χ4v) is 1.10. The van der Waals surface area contributed by atoms with Gasteiger partial charge >= 0.3 is 0 Å². The van der Waals surface area contributed by atoms with Crippen LogP contribution in [-0.4, -0.2) is 7.11 Å². The monoisotopic (exact) mass is 210 g/mol. The van der Waals surface area contributed by atoms with Crippen molar-refractivity contribution in [1.29, 1.82) is 0 Å². The first-order valence-corrected chi connectivity index (χ1v) is 4.51. The second kappa shape index (κ2) is 5.38. The van der Waals surface area contributed by atoms with E-state index in [0.717, 1.165) is 11.3 Å². The zero-order chi connectivity index (χ0) is 12.0. The van der Waals surface area contributed by atoms with Crippen molar-refractivity contribution in [2.24, 2.45) is 0 Å². The van der Waals surface area contributed by atoms with Crippen molar-refractivity contribution in [3.05, 3.63) is 70.6 Å². The molecule has 0 N–H and O–H groups in total. The van der Waals surface area contributed by atoms with Crippen LogP contribution in [-0.2, 0) is 0 Å². The topological polar surface area (TPSA) is 17.9 Å². The molecule has 0 saturated carbocycles. The molecule has 0 saturated heterocycles. The number of hydrogen-bond donors (Lipinski definition) is 0. The molecule has 1 aromatic carbocycles. The normalized spacial score (nSPS) is 10.1. The van der Waals surface area contributed by atoms with Gasteiger partial charge in [-0.25, -0.2) is 0 Å². The first-order chi connectivity index (χ1) is 7.71. The molecule has 3 heteroatoms. The maximum absolute atomic E-state index is 6.95. The summed E-state index contributed by atoms with van der Waals surface area (Å²) in [5.74, 6) is 0.755. The molecule has 0 spiro atoms. The highest BCUT2D eigenvalue weighted by Crippen LogP contribution is 2.18. The lowest BCUT2D eigenvalue weighted by Crippen LogP contribution is -1.82. The highest BCUT2D eigenvalue weighted by molar-refractivity contribution is 5.61. The minimum atomic E-state index is 0.158. The van der Waals surface area contributed by atoms with Crippen LogP contribution >= 0.6 is 0 Å². The van der Waals surface area contributed by atoms with Gasteiger partial charge in [0.25, 0.3) is 0 Å². The van der Waals surface area contributed by atoms with Crippen LogP contribution in [0.3, 0.4) is 0 Å². The molecule has 0 amide bonds. The van der Waals surface area contributed by atoms with Gasteiger partial charge < -0.3 is 4.74 Å². The van der Waals surface area contributed by atoms with E-state index in [2.05, 4.69) is 16.3 Å². The van der Waals surface area contributed by atoms with Crippen molar-refractivity contribution in [1.82, 2.24) is 0 Å². The lowest BCUT2D eigenvalue weighted by molar-refractivity contribution is 0.415. The van der Waals surface area contributed by atoms with Crippen molar-refractivity contribution < 1.29 is 4.74 Å². The van der Waals surface area contributed by atoms with Gasteiger partial charge in [-0.2, -0.15) is 0 Å². The van der Waals surface area contributed by atoms with E-state index in [1.807, 2.05) is 12.1 Å². The Morgan fingerprint density at radius 1 is 1.25 bits per heavy atom. The SMILES string of the molecule is [C-]#[N+]C(=C)/C(=C/c1ccc(OC)cc1)[N+]#[C-]. The van der Waals surface area contributed by atoms with Crippen LogP contribution in [0.15, 0.2) is 42.2 Å². The van der Waals surface area contributed by atoms with Crippen molar-refractivity contribution in [3.63, 3.8) is 0 Å². The molecule has 78 valence electrons. The van der Waals surface area contributed by atoms with Gasteiger partial charge in [0.2, 0.25) is 0 Å². The molecule has 0 atom stereocenters. The number of rotatable bonds is 3. The standard InChI is InChI=1S/C13H10N2O/c1-10(14-2)13(15-3)9-11-5-7-12(16-4)8-6-11/h5-9H,1H2,4H3/b13-9-. The largest absolute Gasteiger partial charge is 0.497 e. The third kappa shape index (κ3) is 2.73. The molecule has 16 heavy (non-hydrogen) atoms. The smallest absolute Gasteiger partial charge is 0.194 e. The van der Waals surface area contributed by atoms with Gasteiger partial charge in [-0.3, -0.25) is 9.69 Å². The Balaban J connectivity index is 3.02. The van der Waals surface area contributed by atoms with Gasteiger partial charge in [-0.05, 0) is 17.7 Å². The third-order valence-electron chi connectivity index (χ3n) is 1.97. The van der Waals surface area contributed by atoms with E-state index in [1.165, 1.54) is 0 Å². The molecule has 0 fully saturated rings. The fraction of sp³-hybridized carbons (Fsp3) is 0.0769. The van der Waals surface area contributed by atoms with Crippen molar-refractivity contribution >= 4 is 6.08 Å². The first kappa shape index (κ1) is 11.6. The van der Waals surface area contributed by atoms with E-state index in [9.17, 15) is 0 Å². The highest BCUT2D eigenvalue weighted by atomic mass is 16.5. The predicted molar refractivity (Wildman–Crippen MR) is 63.3 cm³/mol. The molecule has 0 radical (unpaired) electrons. The Morgan fingerprint density at radius 3 is 2.31 bits per heavy atom. The van der Waals surface area contributed by atoms with Gasteiger partial charge in [-0.1, -0.05) is 18.2 Å². The Bertz CT molecular complexity index is 498. The van der Waals surface area contributed by atoms with Crippen molar-refractivity contribution in [3.8, 4) is 5.75 Å². The second-order valence-electron chi connectivity index (χ2n) is 2.97. The maximum atomic E-state index is 6.95. The Labute approximate surface area is 94.9 Å². The summed E-state index contributed by atoms with van der Waals surface area (Å²) in [4.78, 5) is 6.40. The second-order valence-corrected chi connectivity index (χ2v) is 2.97. The number of ether oxygens (including phenoxy) is 1. The summed E-state index contributed by atoms with van der Waals surface area (Å²) in [6, 6.07) is 7.24. The average molecular weight is 210 g/mol. The van der Waals surface area contributed by atoms with E-state index in [4.69, 9.17) is 17.9 Å². The zero-order valence-electron chi connectivity index (χ0n) is 8.90. The maximum Gasteiger partial charge on any atom is 0.194 e. The van der Waals surface area contributed by atoms with Gasteiger partial charge in [0.1, 0.15) is 5.75 Å². The van der Waals surface area contributed by atoms with E-state index in [-0.39, 0.29) is 11.4 Å². The van der Waals surface area contributed by atoms with Crippen LogP contribution in [0, 0.1) is 13.1 Å². The summed E-state index contributed by atoms with van der Waals surface area (Å²) in [6.07, 6.45) is 1.63. The van der Waals surface area contributed by atoms with Crippen molar-refractivity contribution in [2.45, 2.75) is 0 Å². The number of benzene rings is 1. The molecular weight excluding hydrogens is 200 g/mol. The Hall–Kier alpha value is -2.52. The summed E-state index contributed by atoms with van der Waals surface area (Å²) in [5, 5.41) is 0. The lowest BCUT2D eigenvalue weighted by Gasteiger charge is -2.00. The molecule has 0 aliphatic carbocycles. The molecule has 0 unspecified atom stereocenters. The number of nitrogens with zero attached hydrogens (tertiary/aromatic N) is 2. The van der Waals surface area contributed by atoms with Crippen LogP contribution in [0.4, 0.5) is 0 Å². The highest BCUT2D eigenvalue weighted by Gasteiger charge is 2.02. The van der Waals surface area contributed by atoms with Crippen LogP contribution in [0.1, 0.15) is 5.56 Å². The van der Waals surface area contributed by atoms with Crippen LogP contribution in [0.25, 0.3) is 15.8 Å². The third-order valence-corrected chi connectivity index (χ3v) is 1.97. The number of methoxy groups -OCH3 is 1. The van der Waals surface area contributed by atoms with Crippen LogP contribution in [0.2, 0.25) is 0 Å². The van der Waals surface area contributed by atoms with Crippen LogP contribution < -0.4 is 4.74 Å². The molecule has 0 aromatic heterocycles. The predicted octanol–water partition coefficient (Wildman–Crippen LogP) is 3.39. The minimum Gasteiger partial charge on any atom is -0.497 e. The molecule has 1 rings (SSSR count). The molecule has 0 bridgehead atoms. The van der Waals surface area contributed by atoms with Gasteiger partial charge in [0.05, 0.1) is 20.3 Å². The quantitative estimate of drug-likeness (QED) is 0.552. The first-order valence-electron chi connectivity index (χ1n) is 4.51. The van der Waals surface area contributed by atoms with Gasteiger partial charge in [-0.15, -0.1) is 6.58 Å². The Kier molecular flexibility index (Phi) is 3.89. The number of hydrogen-bond acceptors (Lipinski definition) is 1. The molecular formula is C13H10N2O. The van der Waals surface area contributed by atoms with Gasteiger partial charge in [0, 0.05) is 0 Å². The summed E-state index contributed by atoms with van der Waals surface area (Å²) >= 11 is 0. The summed E-state index contributed by atoms with van der Waals surface area (Å²) in [6.45, 7) is 17.3. The summed E-state index contributed by atoms with van der Waals surface area (Å²) in [5.41, 5.74) is 1.27. The summed E-state index contributed by atoms with van der Waals surface area (Å²) in [7, 11) is 1.59. The molecule has 3 nitrogen and oxygen atoms in total. The van der Waals surface area contributed by atoms with Crippen LogP contribution in [0.5, 0.6) is 5.75 Å². The van der Waals surface area contributed by atoms with Crippen molar-refractivity contribution in [2.75, 3.05) is 7.11 Å². The minimum absolute atomic E-state index is 0.158. The fourth-order valence-electron chi connectivity index (χ4n) is 1.10. The lowest BCUT2D eigenvalue weighted by atomic mass is 10.1. The molecule has 1 aromatic rings.